The highest BCUT2D eigenvalue weighted by Gasteiger charge is 1.97. The Balaban J connectivity index is 1.37. The van der Waals surface area contributed by atoms with E-state index in [4.69, 9.17) is 0 Å². The maximum Gasteiger partial charge on any atom is -0.0181 e. The van der Waals surface area contributed by atoms with Gasteiger partial charge in [-0.05, 0) is 48.4 Å². The number of allylic oxidation sites excluding steroid dienone is 2. The van der Waals surface area contributed by atoms with Crippen LogP contribution in [0.25, 0.3) is 10.8 Å². The maximum atomic E-state index is 2.40. The molecule has 0 fully saturated rings. The van der Waals surface area contributed by atoms with E-state index in [0.29, 0.717) is 0 Å². The minimum Gasteiger partial charge on any atom is -0.0885 e. The molecule has 0 N–H and O–H groups in total. The van der Waals surface area contributed by atoms with Crippen LogP contribution in [0.1, 0.15) is 102 Å². The van der Waals surface area contributed by atoms with Crippen LogP contribution in [0.4, 0.5) is 0 Å². The molecule has 0 spiro atoms. The van der Waals surface area contributed by atoms with Crippen molar-refractivity contribution in [3.05, 3.63) is 60.2 Å². The van der Waals surface area contributed by atoms with Crippen LogP contribution >= 0.6 is 0 Å². The van der Waals surface area contributed by atoms with Gasteiger partial charge in [0.1, 0.15) is 0 Å². The molecule has 0 saturated heterocycles. The molecule has 2 rings (SSSR count). The molecule has 0 nitrogen and oxygen atoms in total. The van der Waals surface area contributed by atoms with E-state index in [1.54, 1.807) is 0 Å². The molecule has 0 aromatic heterocycles. The van der Waals surface area contributed by atoms with Crippen LogP contribution < -0.4 is 0 Å². The lowest BCUT2D eigenvalue weighted by Crippen LogP contribution is -1.87. The van der Waals surface area contributed by atoms with Gasteiger partial charge in [-0.2, -0.15) is 0 Å². The molecule has 0 radical (unpaired) electrons. The third kappa shape index (κ3) is 10.1. The summed E-state index contributed by atoms with van der Waals surface area (Å²) in [5, 5.41) is 2.74. The first-order valence-electron chi connectivity index (χ1n) is 12.0. The Hall–Kier alpha value is -1.56. The summed E-state index contributed by atoms with van der Waals surface area (Å²) < 4.78 is 0. The van der Waals surface area contributed by atoms with Crippen LogP contribution in [0.15, 0.2) is 54.6 Å². The minimum atomic E-state index is 1.23. The highest BCUT2D eigenvalue weighted by atomic mass is 14.0. The standard InChI is InChI=1S/C28H42/c1-2-3-4-5-6-7-8-9-10-11-12-13-14-15-16-17-20-26-23-24-27-21-18-19-22-28(27)25-26/h5-6,18-19,21-25H,2-4,7-17,20H2,1H3/b6-5+. The zero-order valence-corrected chi connectivity index (χ0v) is 18.3. The number of unbranched alkanes of at least 4 members (excludes halogenated alkanes) is 12. The number of hydrogen-bond acceptors (Lipinski definition) is 0. The summed E-state index contributed by atoms with van der Waals surface area (Å²) in [5.41, 5.74) is 1.50. The smallest absolute Gasteiger partial charge is 0.0181 e. The molecule has 0 bridgehead atoms. The zero-order valence-electron chi connectivity index (χ0n) is 18.3. The van der Waals surface area contributed by atoms with Gasteiger partial charge in [-0.25, -0.2) is 0 Å². The number of fused-ring (bicyclic) bond motifs is 1. The largest absolute Gasteiger partial charge is 0.0885 e. The second-order valence-electron chi connectivity index (χ2n) is 8.37. The third-order valence-electron chi connectivity index (χ3n) is 5.79. The predicted molar refractivity (Wildman–Crippen MR) is 127 cm³/mol. The Morgan fingerprint density at radius 3 is 1.82 bits per heavy atom. The Bertz CT molecular complexity index is 652. The molecule has 0 atom stereocenters. The summed E-state index contributed by atoms with van der Waals surface area (Å²) in [4.78, 5) is 0. The van der Waals surface area contributed by atoms with Gasteiger partial charge < -0.3 is 0 Å². The van der Waals surface area contributed by atoms with E-state index in [1.165, 1.54) is 113 Å². The van der Waals surface area contributed by atoms with E-state index in [9.17, 15) is 0 Å². The van der Waals surface area contributed by atoms with Crippen molar-refractivity contribution in [1.82, 2.24) is 0 Å². The van der Waals surface area contributed by atoms with Crippen LogP contribution in [-0.4, -0.2) is 0 Å². The molecular weight excluding hydrogens is 336 g/mol. The van der Waals surface area contributed by atoms with Crippen molar-refractivity contribution < 1.29 is 0 Å². The van der Waals surface area contributed by atoms with Gasteiger partial charge in [0, 0.05) is 0 Å². The number of rotatable bonds is 16. The average Bonchev–Trinajstić information content (AvgIpc) is 2.73. The number of aryl methyl sites for hydroxylation is 1. The van der Waals surface area contributed by atoms with Gasteiger partial charge in [0.05, 0.1) is 0 Å². The molecule has 0 amide bonds. The fourth-order valence-corrected chi connectivity index (χ4v) is 3.96. The molecule has 154 valence electrons. The first-order valence-corrected chi connectivity index (χ1v) is 12.0. The molecule has 2 aromatic carbocycles. The fourth-order valence-electron chi connectivity index (χ4n) is 3.96. The molecule has 0 aliphatic carbocycles. The highest BCUT2D eigenvalue weighted by Crippen LogP contribution is 2.18. The van der Waals surface area contributed by atoms with Gasteiger partial charge in [0.2, 0.25) is 0 Å². The SMILES string of the molecule is CCCC/C=C/CCCCCCCCCCCCc1ccc2ccccc2c1. The maximum absolute atomic E-state index is 2.40. The fraction of sp³-hybridized carbons (Fsp3) is 0.571. The molecule has 0 heterocycles. The van der Waals surface area contributed by atoms with Crippen molar-refractivity contribution in [1.29, 1.82) is 0 Å². The minimum absolute atomic E-state index is 1.23. The second-order valence-corrected chi connectivity index (χ2v) is 8.37. The third-order valence-corrected chi connectivity index (χ3v) is 5.79. The average molecular weight is 379 g/mol. The Labute approximate surface area is 174 Å². The molecule has 0 aliphatic heterocycles. The van der Waals surface area contributed by atoms with Crippen molar-refractivity contribution in [3.63, 3.8) is 0 Å². The summed E-state index contributed by atoms with van der Waals surface area (Å²) in [6, 6.07) is 15.6. The monoisotopic (exact) mass is 378 g/mol. The quantitative estimate of drug-likeness (QED) is 0.201. The van der Waals surface area contributed by atoms with Crippen LogP contribution in [-0.2, 0) is 6.42 Å². The molecule has 0 saturated carbocycles. The van der Waals surface area contributed by atoms with Crippen molar-refractivity contribution >= 4 is 10.8 Å². The normalized spacial score (nSPS) is 11.6. The first kappa shape index (κ1) is 22.7. The molecular formula is C28H42. The van der Waals surface area contributed by atoms with Gasteiger partial charge >= 0.3 is 0 Å². The lowest BCUT2D eigenvalue weighted by Gasteiger charge is -2.05. The highest BCUT2D eigenvalue weighted by molar-refractivity contribution is 5.82. The molecule has 0 unspecified atom stereocenters. The summed E-state index contributed by atoms with van der Waals surface area (Å²) in [6.07, 6.45) is 25.4. The van der Waals surface area contributed by atoms with Crippen molar-refractivity contribution in [2.24, 2.45) is 0 Å². The second kappa shape index (κ2) is 15.4. The van der Waals surface area contributed by atoms with Gasteiger partial charge in [-0.15, -0.1) is 0 Å². The van der Waals surface area contributed by atoms with E-state index >= 15 is 0 Å². The molecule has 2 aromatic rings. The molecule has 0 aliphatic rings. The lowest BCUT2D eigenvalue weighted by atomic mass is 10.0. The Kier molecular flexibility index (Phi) is 12.5. The van der Waals surface area contributed by atoms with Gasteiger partial charge in [0.25, 0.3) is 0 Å². The topological polar surface area (TPSA) is 0 Å². The molecule has 0 heteroatoms. The van der Waals surface area contributed by atoms with Crippen LogP contribution in [0.5, 0.6) is 0 Å². The molecule has 28 heavy (non-hydrogen) atoms. The summed E-state index contributed by atoms with van der Waals surface area (Å²) in [7, 11) is 0. The van der Waals surface area contributed by atoms with Crippen molar-refractivity contribution in [2.45, 2.75) is 103 Å². The van der Waals surface area contributed by atoms with E-state index in [1.807, 2.05) is 0 Å². The van der Waals surface area contributed by atoms with Gasteiger partial charge in [0.15, 0.2) is 0 Å². The van der Waals surface area contributed by atoms with E-state index in [0.717, 1.165) is 0 Å². The van der Waals surface area contributed by atoms with Crippen LogP contribution in [0.2, 0.25) is 0 Å². The van der Waals surface area contributed by atoms with Crippen LogP contribution in [0, 0.1) is 0 Å². The summed E-state index contributed by atoms with van der Waals surface area (Å²) in [6.45, 7) is 2.26. The Morgan fingerprint density at radius 2 is 1.14 bits per heavy atom. The van der Waals surface area contributed by atoms with E-state index in [2.05, 4.69) is 61.5 Å². The predicted octanol–water partition coefficient (Wildman–Crippen LogP) is 9.42. The van der Waals surface area contributed by atoms with E-state index < -0.39 is 0 Å². The van der Waals surface area contributed by atoms with E-state index in [-0.39, 0.29) is 0 Å². The number of benzene rings is 2. The summed E-state index contributed by atoms with van der Waals surface area (Å²) >= 11 is 0. The van der Waals surface area contributed by atoms with Crippen molar-refractivity contribution in [3.8, 4) is 0 Å². The number of hydrogen-bond donors (Lipinski definition) is 0. The first-order chi connectivity index (χ1) is 13.9. The van der Waals surface area contributed by atoms with Crippen molar-refractivity contribution in [2.75, 3.05) is 0 Å². The van der Waals surface area contributed by atoms with Gasteiger partial charge in [-0.3, -0.25) is 0 Å². The summed E-state index contributed by atoms with van der Waals surface area (Å²) in [5.74, 6) is 0. The lowest BCUT2D eigenvalue weighted by molar-refractivity contribution is 0.552. The Morgan fingerprint density at radius 1 is 0.571 bits per heavy atom. The zero-order chi connectivity index (χ0) is 19.7. The van der Waals surface area contributed by atoms with Crippen LogP contribution in [0.3, 0.4) is 0 Å². The van der Waals surface area contributed by atoms with Gasteiger partial charge in [-0.1, -0.05) is 126 Å².